The molecule has 0 radical (unpaired) electrons. The Bertz CT molecular complexity index is 385. The predicted molar refractivity (Wildman–Crippen MR) is 57.5 cm³/mol. The van der Waals surface area contributed by atoms with Crippen molar-refractivity contribution in [3.8, 4) is 5.75 Å². The van der Waals surface area contributed by atoms with E-state index in [9.17, 15) is 4.39 Å². The van der Waals surface area contributed by atoms with E-state index in [2.05, 4.69) is 0 Å². The van der Waals surface area contributed by atoms with Crippen LogP contribution in [0.1, 0.15) is 24.0 Å². The first-order valence-corrected chi connectivity index (χ1v) is 5.16. The van der Waals surface area contributed by atoms with E-state index in [0.717, 1.165) is 12.8 Å². The van der Waals surface area contributed by atoms with Gasteiger partial charge in [-0.2, -0.15) is 0 Å². The monoisotopic (exact) mass is 209 g/mol. The SMILES string of the molecule is COc1ccc(C)c(F)c1CC1(N)CC1. The molecule has 15 heavy (non-hydrogen) atoms. The van der Waals surface area contributed by atoms with E-state index >= 15 is 0 Å². The average Bonchev–Trinajstić information content (AvgIpc) is 2.92. The van der Waals surface area contributed by atoms with Crippen LogP contribution in [0.15, 0.2) is 12.1 Å². The van der Waals surface area contributed by atoms with Gasteiger partial charge < -0.3 is 10.5 Å². The number of benzene rings is 1. The molecule has 0 amide bonds. The van der Waals surface area contributed by atoms with Crippen molar-refractivity contribution in [3.05, 3.63) is 29.1 Å². The molecule has 2 N–H and O–H groups in total. The summed E-state index contributed by atoms with van der Waals surface area (Å²) in [6.45, 7) is 1.76. The van der Waals surface area contributed by atoms with Gasteiger partial charge in [-0.3, -0.25) is 0 Å². The van der Waals surface area contributed by atoms with Crippen molar-refractivity contribution < 1.29 is 9.13 Å². The van der Waals surface area contributed by atoms with Crippen molar-refractivity contribution in [1.29, 1.82) is 0 Å². The van der Waals surface area contributed by atoms with Crippen molar-refractivity contribution in [3.63, 3.8) is 0 Å². The van der Waals surface area contributed by atoms with Crippen molar-refractivity contribution in [2.75, 3.05) is 7.11 Å². The number of nitrogens with two attached hydrogens (primary N) is 1. The lowest BCUT2D eigenvalue weighted by Crippen LogP contribution is -2.25. The highest BCUT2D eigenvalue weighted by molar-refractivity contribution is 5.40. The fourth-order valence-electron chi connectivity index (χ4n) is 1.77. The lowest BCUT2D eigenvalue weighted by Gasteiger charge is -2.14. The number of hydrogen-bond donors (Lipinski definition) is 1. The summed E-state index contributed by atoms with van der Waals surface area (Å²) in [6, 6.07) is 3.53. The van der Waals surface area contributed by atoms with Crippen LogP contribution in [0.25, 0.3) is 0 Å². The van der Waals surface area contributed by atoms with E-state index in [0.29, 0.717) is 23.3 Å². The predicted octanol–water partition coefficient (Wildman–Crippen LogP) is 2.18. The lowest BCUT2D eigenvalue weighted by atomic mass is 10.0. The number of hydrogen-bond acceptors (Lipinski definition) is 2. The van der Waals surface area contributed by atoms with Crippen molar-refractivity contribution in [2.24, 2.45) is 5.73 Å². The second kappa shape index (κ2) is 3.49. The summed E-state index contributed by atoms with van der Waals surface area (Å²) in [7, 11) is 1.56. The van der Waals surface area contributed by atoms with Gasteiger partial charge in [0, 0.05) is 11.1 Å². The van der Waals surface area contributed by atoms with Gasteiger partial charge in [0.25, 0.3) is 0 Å². The van der Waals surface area contributed by atoms with Gasteiger partial charge in [-0.25, -0.2) is 4.39 Å². The molecule has 0 saturated heterocycles. The molecule has 1 aromatic rings. The van der Waals surface area contributed by atoms with Crippen LogP contribution >= 0.6 is 0 Å². The molecule has 0 aliphatic heterocycles. The van der Waals surface area contributed by atoms with Crippen LogP contribution in [0.3, 0.4) is 0 Å². The smallest absolute Gasteiger partial charge is 0.133 e. The molecule has 1 saturated carbocycles. The van der Waals surface area contributed by atoms with E-state index in [1.54, 1.807) is 26.2 Å². The van der Waals surface area contributed by atoms with Crippen LogP contribution in [0, 0.1) is 12.7 Å². The Morgan fingerprint density at radius 3 is 2.67 bits per heavy atom. The third-order valence-electron chi connectivity index (χ3n) is 3.03. The number of halogens is 1. The summed E-state index contributed by atoms with van der Waals surface area (Å²) in [5, 5.41) is 0. The van der Waals surface area contributed by atoms with Crippen LogP contribution in [0.5, 0.6) is 5.75 Å². The minimum atomic E-state index is -0.193. The van der Waals surface area contributed by atoms with Crippen LogP contribution in [-0.4, -0.2) is 12.6 Å². The second-order valence-electron chi connectivity index (χ2n) is 4.42. The molecule has 0 bridgehead atoms. The van der Waals surface area contributed by atoms with Gasteiger partial charge in [-0.05, 0) is 37.8 Å². The Balaban J connectivity index is 2.37. The number of aryl methyl sites for hydroxylation is 1. The molecule has 1 aromatic carbocycles. The zero-order valence-corrected chi connectivity index (χ0v) is 9.14. The minimum Gasteiger partial charge on any atom is -0.496 e. The Kier molecular flexibility index (Phi) is 2.43. The molecule has 1 aliphatic rings. The summed E-state index contributed by atoms with van der Waals surface area (Å²) in [5.74, 6) is 0.431. The van der Waals surface area contributed by atoms with Gasteiger partial charge in [0.15, 0.2) is 0 Å². The van der Waals surface area contributed by atoms with Crippen molar-refractivity contribution >= 4 is 0 Å². The molecule has 2 rings (SSSR count). The van der Waals surface area contributed by atoms with Gasteiger partial charge in [0.2, 0.25) is 0 Å². The zero-order chi connectivity index (χ0) is 11.1. The van der Waals surface area contributed by atoms with Crippen molar-refractivity contribution in [2.45, 2.75) is 31.7 Å². The second-order valence-corrected chi connectivity index (χ2v) is 4.42. The summed E-state index contributed by atoms with van der Waals surface area (Å²) >= 11 is 0. The molecule has 2 nitrogen and oxygen atoms in total. The Labute approximate surface area is 89.2 Å². The maximum absolute atomic E-state index is 13.9. The fourth-order valence-corrected chi connectivity index (χ4v) is 1.77. The molecule has 1 fully saturated rings. The molecule has 1 aliphatic carbocycles. The van der Waals surface area contributed by atoms with Crippen LogP contribution in [0.4, 0.5) is 4.39 Å². The van der Waals surface area contributed by atoms with Crippen LogP contribution in [0.2, 0.25) is 0 Å². The molecule has 82 valence electrons. The number of methoxy groups -OCH3 is 1. The number of ether oxygens (including phenoxy) is 1. The summed E-state index contributed by atoms with van der Waals surface area (Å²) < 4.78 is 19.0. The van der Waals surface area contributed by atoms with E-state index in [-0.39, 0.29) is 11.4 Å². The van der Waals surface area contributed by atoms with Gasteiger partial charge in [0.1, 0.15) is 11.6 Å². The third kappa shape index (κ3) is 1.97. The first kappa shape index (κ1) is 10.4. The molecule has 0 unspecified atom stereocenters. The van der Waals surface area contributed by atoms with E-state index in [4.69, 9.17) is 10.5 Å². The Morgan fingerprint density at radius 1 is 1.47 bits per heavy atom. The van der Waals surface area contributed by atoms with Crippen LogP contribution in [-0.2, 0) is 6.42 Å². The van der Waals surface area contributed by atoms with Crippen molar-refractivity contribution in [1.82, 2.24) is 0 Å². The first-order valence-electron chi connectivity index (χ1n) is 5.16. The molecular weight excluding hydrogens is 193 g/mol. The lowest BCUT2D eigenvalue weighted by molar-refractivity contribution is 0.401. The van der Waals surface area contributed by atoms with E-state index < -0.39 is 0 Å². The fraction of sp³-hybridized carbons (Fsp3) is 0.500. The summed E-state index contributed by atoms with van der Waals surface area (Å²) in [6.07, 6.45) is 2.52. The van der Waals surface area contributed by atoms with Crippen LogP contribution < -0.4 is 10.5 Å². The highest BCUT2D eigenvalue weighted by Crippen LogP contribution is 2.39. The van der Waals surface area contributed by atoms with Gasteiger partial charge >= 0.3 is 0 Å². The van der Waals surface area contributed by atoms with Gasteiger partial charge in [-0.15, -0.1) is 0 Å². The Hall–Kier alpha value is -1.09. The molecule has 0 aromatic heterocycles. The Morgan fingerprint density at radius 2 is 2.13 bits per heavy atom. The first-order chi connectivity index (χ1) is 7.06. The molecule has 0 spiro atoms. The van der Waals surface area contributed by atoms with Gasteiger partial charge in [0.05, 0.1) is 7.11 Å². The minimum absolute atomic E-state index is 0.175. The third-order valence-corrected chi connectivity index (χ3v) is 3.03. The summed E-state index contributed by atoms with van der Waals surface area (Å²) in [4.78, 5) is 0. The highest BCUT2D eigenvalue weighted by Gasteiger charge is 2.39. The van der Waals surface area contributed by atoms with Gasteiger partial charge in [-0.1, -0.05) is 6.07 Å². The molecular formula is C12H16FNO. The molecule has 0 heterocycles. The topological polar surface area (TPSA) is 35.2 Å². The average molecular weight is 209 g/mol. The van der Waals surface area contributed by atoms with E-state index in [1.165, 1.54) is 0 Å². The van der Waals surface area contributed by atoms with E-state index in [1.807, 2.05) is 0 Å². The quantitative estimate of drug-likeness (QED) is 0.828. The maximum Gasteiger partial charge on any atom is 0.133 e. The molecule has 3 heteroatoms. The zero-order valence-electron chi connectivity index (χ0n) is 9.14. The standard InChI is InChI=1S/C12H16FNO/c1-8-3-4-10(15-2)9(11(8)13)7-12(14)5-6-12/h3-4H,5-7,14H2,1-2H3. The molecule has 0 atom stereocenters. The normalized spacial score (nSPS) is 17.6. The summed E-state index contributed by atoms with van der Waals surface area (Å²) in [5.41, 5.74) is 7.08. The maximum atomic E-state index is 13.9. The highest BCUT2D eigenvalue weighted by atomic mass is 19.1. The number of rotatable bonds is 3. The largest absolute Gasteiger partial charge is 0.496 e.